The Morgan fingerprint density at radius 3 is 2.55 bits per heavy atom. The number of primary amides is 1. The maximum absolute atomic E-state index is 13.5. The first-order chi connectivity index (χ1) is 16.0. The predicted octanol–water partition coefficient (Wildman–Crippen LogP) is 4.43. The maximum atomic E-state index is 13.5. The summed E-state index contributed by atoms with van der Waals surface area (Å²) < 4.78 is 21.3. The first-order valence-electron chi connectivity index (χ1n) is 11.0. The molecule has 0 spiro atoms. The van der Waals surface area contributed by atoms with Crippen LogP contribution in [0.1, 0.15) is 28.9 Å². The normalized spacial score (nSPS) is 16.3. The number of hydrogen-bond acceptors (Lipinski definition) is 3. The summed E-state index contributed by atoms with van der Waals surface area (Å²) in [5.74, 6) is -0.551. The molecule has 33 heavy (non-hydrogen) atoms. The average molecular weight is 445 g/mol. The van der Waals surface area contributed by atoms with Gasteiger partial charge >= 0.3 is 0 Å². The van der Waals surface area contributed by atoms with E-state index in [-0.39, 0.29) is 23.5 Å². The molecule has 1 saturated heterocycles. The van der Waals surface area contributed by atoms with Crippen LogP contribution in [0.25, 0.3) is 22.4 Å². The van der Waals surface area contributed by atoms with Crippen LogP contribution < -0.4 is 5.73 Å². The highest BCUT2D eigenvalue weighted by Crippen LogP contribution is 2.32. The highest BCUT2D eigenvalue weighted by atomic mass is 19.1. The highest BCUT2D eigenvalue weighted by Gasteiger charge is 2.30. The second-order valence-electron chi connectivity index (χ2n) is 8.46. The number of carbonyl (C=O) groups is 2. The number of amides is 2. The van der Waals surface area contributed by atoms with Crippen LogP contribution in [-0.2, 0) is 11.3 Å². The number of carbonyl (C=O) groups excluding carboxylic acids is 2. The van der Waals surface area contributed by atoms with Crippen molar-refractivity contribution in [3.63, 3.8) is 0 Å². The molecule has 2 amide bonds. The second-order valence-corrected chi connectivity index (χ2v) is 8.46. The van der Waals surface area contributed by atoms with E-state index in [0.29, 0.717) is 43.1 Å². The molecule has 0 saturated carbocycles. The molecule has 2 N–H and O–H groups in total. The van der Waals surface area contributed by atoms with Crippen molar-refractivity contribution < 1.29 is 18.4 Å². The summed E-state index contributed by atoms with van der Waals surface area (Å²) in [5.41, 5.74) is 9.17. The van der Waals surface area contributed by atoms with Crippen molar-refractivity contribution in [3.05, 3.63) is 83.8 Å². The van der Waals surface area contributed by atoms with Gasteiger partial charge in [0.25, 0.3) is 5.91 Å². The van der Waals surface area contributed by atoms with E-state index in [0.717, 1.165) is 23.1 Å². The number of piperidine rings is 1. The standard InChI is InChI=1S/C26H24FN3O3/c27-20-10-8-18(9-11-20)23-13-21-24(33-23)14-22(30(21)15-17-5-2-1-3-6-17)26(32)29-12-4-7-19(16-29)25(28)31/h1-3,5-6,8-11,13-14,19H,4,7,12,15-16H2,(H2,28,31)/t19-/m0/s1. The van der Waals surface area contributed by atoms with Gasteiger partial charge in [0.1, 0.15) is 17.3 Å². The molecule has 2 aromatic heterocycles. The van der Waals surface area contributed by atoms with Gasteiger partial charge in [-0.2, -0.15) is 0 Å². The van der Waals surface area contributed by atoms with Gasteiger partial charge in [0, 0.05) is 37.3 Å². The summed E-state index contributed by atoms with van der Waals surface area (Å²) in [5, 5.41) is 0. The SMILES string of the molecule is NC(=O)[C@H]1CCCN(C(=O)c2cc3oc(-c4ccc(F)cc4)cc3n2Cc2ccccc2)C1. The molecule has 4 aromatic rings. The zero-order valence-electron chi connectivity index (χ0n) is 18.0. The van der Waals surface area contributed by atoms with Crippen LogP contribution in [0, 0.1) is 11.7 Å². The summed E-state index contributed by atoms with van der Waals surface area (Å²) in [6, 6.07) is 19.6. The van der Waals surface area contributed by atoms with Crippen molar-refractivity contribution >= 4 is 22.9 Å². The van der Waals surface area contributed by atoms with Crippen LogP contribution in [0.15, 0.2) is 71.1 Å². The molecule has 1 aliphatic rings. The fourth-order valence-electron chi connectivity index (χ4n) is 4.47. The predicted molar refractivity (Wildman–Crippen MR) is 123 cm³/mol. The van der Waals surface area contributed by atoms with E-state index in [1.54, 1.807) is 23.1 Å². The van der Waals surface area contributed by atoms with Gasteiger partial charge in [-0.25, -0.2) is 4.39 Å². The molecule has 1 fully saturated rings. The van der Waals surface area contributed by atoms with Gasteiger partial charge in [-0.15, -0.1) is 0 Å². The fraction of sp³-hybridized carbons (Fsp3) is 0.231. The van der Waals surface area contributed by atoms with E-state index in [2.05, 4.69) is 0 Å². The smallest absolute Gasteiger partial charge is 0.270 e. The molecule has 6 nitrogen and oxygen atoms in total. The van der Waals surface area contributed by atoms with E-state index in [4.69, 9.17) is 10.2 Å². The average Bonchev–Trinajstić information content (AvgIpc) is 3.39. The number of benzene rings is 2. The van der Waals surface area contributed by atoms with Crippen molar-refractivity contribution in [1.82, 2.24) is 9.47 Å². The lowest BCUT2D eigenvalue weighted by atomic mass is 9.97. The van der Waals surface area contributed by atoms with Crippen LogP contribution in [0.2, 0.25) is 0 Å². The third kappa shape index (κ3) is 4.14. The quantitative estimate of drug-likeness (QED) is 0.494. The number of rotatable bonds is 5. The Morgan fingerprint density at radius 2 is 1.82 bits per heavy atom. The number of fused-ring (bicyclic) bond motifs is 1. The van der Waals surface area contributed by atoms with E-state index < -0.39 is 0 Å². The Kier molecular flexibility index (Phi) is 5.46. The van der Waals surface area contributed by atoms with Crippen molar-refractivity contribution in [3.8, 4) is 11.3 Å². The molecule has 5 rings (SSSR count). The van der Waals surface area contributed by atoms with Crippen LogP contribution in [0.3, 0.4) is 0 Å². The van der Waals surface area contributed by atoms with Crippen molar-refractivity contribution in [2.24, 2.45) is 11.7 Å². The Morgan fingerprint density at radius 1 is 1.06 bits per heavy atom. The molecule has 1 atom stereocenters. The Bertz CT molecular complexity index is 1310. The van der Waals surface area contributed by atoms with Gasteiger partial charge in [0.15, 0.2) is 5.58 Å². The minimum absolute atomic E-state index is 0.147. The zero-order valence-corrected chi connectivity index (χ0v) is 18.0. The third-order valence-electron chi connectivity index (χ3n) is 6.23. The number of aromatic nitrogens is 1. The number of halogens is 1. The molecule has 1 aliphatic heterocycles. The molecule has 0 radical (unpaired) electrons. The van der Waals surface area contributed by atoms with E-state index >= 15 is 0 Å². The van der Waals surface area contributed by atoms with Crippen molar-refractivity contribution in [2.75, 3.05) is 13.1 Å². The van der Waals surface area contributed by atoms with Crippen molar-refractivity contribution in [1.29, 1.82) is 0 Å². The van der Waals surface area contributed by atoms with E-state index in [1.807, 2.05) is 41.0 Å². The molecule has 3 heterocycles. The molecule has 0 aliphatic carbocycles. The number of hydrogen-bond donors (Lipinski definition) is 1. The molecule has 168 valence electrons. The van der Waals surface area contributed by atoms with Gasteiger partial charge in [-0.3, -0.25) is 9.59 Å². The van der Waals surface area contributed by atoms with Gasteiger partial charge in [-0.1, -0.05) is 30.3 Å². The lowest BCUT2D eigenvalue weighted by molar-refractivity contribution is -0.123. The van der Waals surface area contributed by atoms with Crippen LogP contribution in [-0.4, -0.2) is 34.4 Å². The monoisotopic (exact) mass is 445 g/mol. The lowest BCUT2D eigenvalue weighted by Gasteiger charge is -2.31. The fourth-order valence-corrected chi connectivity index (χ4v) is 4.47. The summed E-state index contributed by atoms with van der Waals surface area (Å²) in [4.78, 5) is 26.9. The topological polar surface area (TPSA) is 81.5 Å². The van der Waals surface area contributed by atoms with E-state index in [9.17, 15) is 14.0 Å². The van der Waals surface area contributed by atoms with Gasteiger partial charge in [-0.05, 0) is 42.7 Å². The first kappa shape index (κ1) is 21.0. The number of furan rings is 1. The third-order valence-corrected chi connectivity index (χ3v) is 6.23. The molecule has 7 heteroatoms. The van der Waals surface area contributed by atoms with E-state index in [1.165, 1.54) is 12.1 Å². The zero-order chi connectivity index (χ0) is 22.9. The molecular formula is C26H24FN3O3. The molecule has 2 aromatic carbocycles. The number of nitrogens with zero attached hydrogens (tertiary/aromatic N) is 2. The van der Waals surface area contributed by atoms with Gasteiger partial charge < -0.3 is 19.6 Å². The molecule has 0 bridgehead atoms. The largest absolute Gasteiger partial charge is 0.454 e. The molecule has 0 unspecified atom stereocenters. The minimum Gasteiger partial charge on any atom is -0.454 e. The Hall–Kier alpha value is -3.87. The van der Waals surface area contributed by atoms with Crippen LogP contribution in [0.5, 0.6) is 0 Å². The van der Waals surface area contributed by atoms with Crippen LogP contribution in [0.4, 0.5) is 4.39 Å². The van der Waals surface area contributed by atoms with Crippen molar-refractivity contribution in [2.45, 2.75) is 19.4 Å². The maximum Gasteiger partial charge on any atom is 0.270 e. The number of nitrogens with two attached hydrogens (primary N) is 1. The summed E-state index contributed by atoms with van der Waals surface area (Å²) in [6.45, 7) is 1.40. The minimum atomic E-state index is -0.370. The summed E-state index contributed by atoms with van der Waals surface area (Å²) in [7, 11) is 0. The highest BCUT2D eigenvalue weighted by molar-refractivity contribution is 5.98. The summed E-state index contributed by atoms with van der Waals surface area (Å²) >= 11 is 0. The Labute approximate surface area is 190 Å². The van der Waals surface area contributed by atoms with Gasteiger partial charge in [0.05, 0.1) is 11.4 Å². The summed E-state index contributed by atoms with van der Waals surface area (Å²) in [6.07, 6.45) is 1.44. The number of likely N-dealkylation sites (tertiary alicyclic amines) is 1. The first-order valence-corrected chi connectivity index (χ1v) is 11.0. The second kappa shape index (κ2) is 8.58. The molecular weight excluding hydrogens is 421 g/mol. The Balaban J connectivity index is 1.55. The van der Waals surface area contributed by atoms with Gasteiger partial charge in [0.2, 0.25) is 5.91 Å². The lowest BCUT2D eigenvalue weighted by Crippen LogP contribution is -2.44. The van der Waals surface area contributed by atoms with Crippen LogP contribution >= 0.6 is 0 Å².